The molecule has 0 saturated carbocycles. The van der Waals surface area contributed by atoms with E-state index in [2.05, 4.69) is 5.32 Å². The lowest BCUT2D eigenvalue weighted by Crippen LogP contribution is -2.29. The summed E-state index contributed by atoms with van der Waals surface area (Å²) in [6, 6.07) is 7.52. The van der Waals surface area contributed by atoms with Gasteiger partial charge in [0.15, 0.2) is 0 Å². The number of nitrogens with two attached hydrogens (primary N) is 1. The number of primary amides is 1. The molecule has 1 amide bonds. The Morgan fingerprint density at radius 2 is 1.82 bits per heavy atom. The van der Waals surface area contributed by atoms with Crippen LogP contribution in [-0.4, -0.2) is 27.7 Å². The van der Waals surface area contributed by atoms with E-state index in [1.165, 1.54) is 0 Å². The number of nitrogens with one attached hydrogen (secondary N) is 1. The van der Waals surface area contributed by atoms with Gasteiger partial charge in [0.1, 0.15) is 0 Å². The highest BCUT2D eigenvalue weighted by Crippen LogP contribution is 2.16. The van der Waals surface area contributed by atoms with Crippen molar-refractivity contribution in [1.29, 1.82) is 0 Å². The van der Waals surface area contributed by atoms with Crippen molar-refractivity contribution in [2.75, 3.05) is 16.8 Å². The van der Waals surface area contributed by atoms with Crippen LogP contribution in [0.3, 0.4) is 0 Å². The summed E-state index contributed by atoms with van der Waals surface area (Å²) >= 11 is 0. The summed E-state index contributed by atoms with van der Waals surface area (Å²) in [5, 5.41) is 3.38. The number of amides is 1. The largest absolute Gasteiger partial charge is 0.382 e. The Morgan fingerprint density at radius 3 is 2.35 bits per heavy atom. The van der Waals surface area contributed by atoms with Crippen molar-refractivity contribution in [1.82, 2.24) is 0 Å². The number of anilines is 1. The van der Waals surface area contributed by atoms with Crippen LogP contribution in [0.1, 0.15) is 23.2 Å². The predicted octanol–water partition coefficient (Wildman–Crippen LogP) is 1.11. The van der Waals surface area contributed by atoms with E-state index in [0.717, 1.165) is 30.0 Å². The lowest BCUT2D eigenvalue weighted by Gasteiger charge is -2.23. The number of carbonyl (C=O) groups excluding carboxylic acids is 1. The van der Waals surface area contributed by atoms with Crippen LogP contribution in [0.5, 0.6) is 0 Å². The molecule has 1 aromatic rings. The molecule has 4 nitrogen and oxygen atoms in total. The van der Waals surface area contributed by atoms with Gasteiger partial charge in [-0.15, -0.1) is 0 Å². The van der Waals surface area contributed by atoms with E-state index in [4.69, 9.17) is 5.73 Å². The zero-order chi connectivity index (χ0) is 12.3. The maximum Gasteiger partial charge on any atom is 0.248 e. The zero-order valence-corrected chi connectivity index (χ0v) is 10.3. The van der Waals surface area contributed by atoms with E-state index in [9.17, 15) is 9.00 Å². The highest BCUT2D eigenvalue weighted by atomic mass is 32.2. The topological polar surface area (TPSA) is 72.2 Å². The molecule has 0 atom stereocenters. The quantitative estimate of drug-likeness (QED) is 0.846. The van der Waals surface area contributed by atoms with Crippen LogP contribution in [0.25, 0.3) is 0 Å². The molecule has 0 bridgehead atoms. The Morgan fingerprint density at radius 1 is 1.24 bits per heavy atom. The number of benzene rings is 1. The average molecular weight is 252 g/mol. The van der Waals surface area contributed by atoms with Gasteiger partial charge in [-0.05, 0) is 37.1 Å². The third-order valence-electron chi connectivity index (χ3n) is 2.93. The van der Waals surface area contributed by atoms with Crippen LogP contribution in [-0.2, 0) is 10.8 Å². The molecule has 1 fully saturated rings. The van der Waals surface area contributed by atoms with Crippen molar-refractivity contribution in [2.24, 2.45) is 5.73 Å². The number of hydrogen-bond acceptors (Lipinski definition) is 3. The SMILES string of the molecule is NC(=O)c1ccc(NC2CCS(=O)CC2)cc1. The van der Waals surface area contributed by atoms with Gasteiger partial charge in [-0.2, -0.15) is 0 Å². The molecule has 1 saturated heterocycles. The summed E-state index contributed by atoms with van der Waals surface area (Å²) in [5.74, 6) is 1.14. The first-order chi connectivity index (χ1) is 8.15. The zero-order valence-electron chi connectivity index (χ0n) is 9.52. The van der Waals surface area contributed by atoms with E-state index in [1.54, 1.807) is 12.1 Å². The summed E-state index contributed by atoms with van der Waals surface area (Å²) in [6.07, 6.45) is 1.87. The molecular weight excluding hydrogens is 236 g/mol. The van der Waals surface area contributed by atoms with E-state index in [-0.39, 0.29) is 0 Å². The lowest BCUT2D eigenvalue weighted by molar-refractivity contribution is 0.100. The van der Waals surface area contributed by atoms with Crippen molar-refractivity contribution in [3.8, 4) is 0 Å². The van der Waals surface area contributed by atoms with Gasteiger partial charge in [0.25, 0.3) is 0 Å². The minimum absolute atomic E-state index is 0.382. The van der Waals surface area contributed by atoms with Crippen molar-refractivity contribution in [2.45, 2.75) is 18.9 Å². The Bertz CT molecular complexity index is 421. The maximum absolute atomic E-state index is 11.2. The Hall–Kier alpha value is -1.36. The monoisotopic (exact) mass is 252 g/mol. The Balaban J connectivity index is 1.95. The number of carbonyl (C=O) groups is 1. The molecule has 0 unspecified atom stereocenters. The van der Waals surface area contributed by atoms with Crippen LogP contribution in [0.2, 0.25) is 0 Å². The summed E-state index contributed by atoms with van der Waals surface area (Å²) in [4.78, 5) is 10.9. The minimum atomic E-state index is -0.630. The second-order valence-corrected chi connectivity index (χ2v) is 5.90. The fraction of sp³-hybridized carbons (Fsp3) is 0.417. The Kier molecular flexibility index (Phi) is 3.78. The summed E-state index contributed by atoms with van der Waals surface area (Å²) in [7, 11) is -0.630. The molecule has 1 heterocycles. The minimum Gasteiger partial charge on any atom is -0.382 e. The average Bonchev–Trinajstić information content (AvgIpc) is 2.33. The fourth-order valence-corrected chi connectivity index (χ4v) is 3.20. The van der Waals surface area contributed by atoms with Gasteiger partial charge in [-0.25, -0.2) is 0 Å². The smallest absolute Gasteiger partial charge is 0.248 e. The molecule has 5 heteroatoms. The van der Waals surface area contributed by atoms with E-state index >= 15 is 0 Å². The van der Waals surface area contributed by atoms with E-state index in [0.29, 0.717) is 11.6 Å². The fourth-order valence-electron chi connectivity index (χ4n) is 1.90. The van der Waals surface area contributed by atoms with Crippen LogP contribution in [0, 0.1) is 0 Å². The van der Waals surface area contributed by atoms with Crippen molar-refractivity contribution in [3.63, 3.8) is 0 Å². The second-order valence-electron chi connectivity index (χ2n) is 4.21. The van der Waals surface area contributed by atoms with Gasteiger partial charge < -0.3 is 11.1 Å². The van der Waals surface area contributed by atoms with Gasteiger partial charge in [0.2, 0.25) is 5.91 Å². The first-order valence-corrected chi connectivity index (χ1v) is 7.15. The molecule has 17 heavy (non-hydrogen) atoms. The molecule has 0 aliphatic carbocycles. The van der Waals surface area contributed by atoms with Gasteiger partial charge in [-0.3, -0.25) is 9.00 Å². The molecule has 1 aliphatic rings. The van der Waals surface area contributed by atoms with Gasteiger partial charge >= 0.3 is 0 Å². The molecule has 92 valence electrons. The standard InChI is InChI=1S/C12H16N2O2S/c13-12(15)9-1-3-10(4-2-9)14-11-5-7-17(16)8-6-11/h1-4,11,14H,5-8H2,(H2,13,15). The highest BCUT2D eigenvalue weighted by molar-refractivity contribution is 7.85. The molecular formula is C12H16N2O2S. The normalized spacial score (nSPS) is 24.2. The molecule has 1 aromatic carbocycles. The number of hydrogen-bond donors (Lipinski definition) is 2. The number of rotatable bonds is 3. The van der Waals surface area contributed by atoms with E-state index < -0.39 is 16.7 Å². The van der Waals surface area contributed by atoms with Crippen LogP contribution in [0.4, 0.5) is 5.69 Å². The van der Waals surface area contributed by atoms with Crippen molar-refractivity contribution in [3.05, 3.63) is 29.8 Å². The summed E-state index contributed by atoms with van der Waals surface area (Å²) in [5.41, 5.74) is 6.66. The second kappa shape index (κ2) is 5.31. The molecule has 1 aliphatic heterocycles. The predicted molar refractivity (Wildman–Crippen MR) is 69.5 cm³/mol. The molecule has 0 spiro atoms. The third kappa shape index (κ3) is 3.30. The third-order valence-corrected chi connectivity index (χ3v) is 4.31. The summed E-state index contributed by atoms with van der Waals surface area (Å²) in [6.45, 7) is 0. The Labute approximate surface area is 103 Å². The van der Waals surface area contributed by atoms with Gasteiger partial charge in [0, 0.05) is 39.6 Å². The van der Waals surface area contributed by atoms with Gasteiger partial charge in [0.05, 0.1) is 0 Å². The van der Waals surface area contributed by atoms with Crippen molar-refractivity contribution < 1.29 is 9.00 Å². The molecule has 0 aromatic heterocycles. The summed E-state index contributed by atoms with van der Waals surface area (Å²) < 4.78 is 11.2. The first-order valence-electron chi connectivity index (χ1n) is 5.66. The molecule has 2 rings (SSSR count). The van der Waals surface area contributed by atoms with Crippen LogP contribution >= 0.6 is 0 Å². The van der Waals surface area contributed by atoms with Crippen molar-refractivity contribution >= 4 is 22.4 Å². The van der Waals surface area contributed by atoms with E-state index in [1.807, 2.05) is 12.1 Å². The van der Waals surface area contributed by atoms with Crippen LogP contribution < -0.4 is 11.1 Å². The lowest BCUT2D eigenvalue weighted by atomic mass is 10.1. The molecule has 0 radical (unpaired) electrons. The maximum atomic E-state index is 11.2. The molecule has 3 N–H and O–H groups in total. The van der Waals surface area contributed by atoms with Crippen LogP contribution in [0.15, 0.2) is 24.3 Å². The van der Waals surface area contributed by atoms with Gasteiger partial charge in [-0.1, -0.05) is 0 Å². The first kappa shape index (κ1) is 12.1. The highest BCUT2D eigenvalue weighted by Gasteiger charge is 2.17.